The molecule has 0 fully saturated rings. The van der Waals surface area contributed by atoms with E-state index in [1.54, 1.807) is 20.3 Å². The predicted molar refractivity (Wildman–Crippen MR) is 136 cm³/mol. The van der Waals surface area contributed by atoms with Gasteiger partial charge < -0.3 is 25.1 Å². The molecule has 0 spiro atoms. The molecule has 0 aliphatic carbocycles. The Morgan fingerprint density at radius 1 is 0.914 bits per heavy atom. The van der Waals surface area contributed by atoms with Crippen LogP contribution >= 0.6 is 0 Å². The van der Waals surface area contributed by atoms with Crippen LogP contribution in [0.3, 0.4) is 0 Å². The Kier molecular flexibility index (Phi) is 5.93. The van der Waals surface area contributed by atoms with Crippen LogP contribution in [0.5, 0.6) is 11.5 Å². The topological polar surface area (TPSA) is 104 Å². The van der Waals surface area contributed by atoms with E-state index < -0.39 is 0 Å². The number of carbonyl (C=O) groups excluding carboxylic acids is 1. The predicted octanol–water partition coefficient (Wildman–Crippen LogP) is 4.16. The number of ether oxygens (including phenoxy) is 2. The van der Waals surface area contributed by atoms with Crippen LogP contribution < -0.4 is 20.5 Å². The molecule has 1 amide bonds. The van der Waals surface area contributed by atoms with Crippen molar-refractivity contribution in [3.05, 3.63) is 89.5 Å². The van der Waals surface area contributed by atoms with Gasteiger partial charge in [0.15, 0.2) is 17.1 Å². The molecule has 35 heavy (non-hydrogen) atoms. The fourth-order valence-electron chi connectivity index (χ4n) is 4.22. The molecule has 0 saturated heterocycles. The second kappa shape index (κ2) is 9.34. The van der Waals surface area contributed by atoms with Gasteiger partial charge in [-0.2, -0.15) is 0 Å². The standard InChI is InChI=1S/C27H25N5O3/c1-34-21-14-8-11-18(24(21)35-2)15-29-27(33)22-23-26(31-20-13-7-6-12-19(20)30-23)32(25(22)28)16-17-9-4-3-5-10-17/h3-14H,15-16,28H2,1-2H3,(H,29,33). The van der Waals surface area contributed by atoms with Gasteiger partial charge in [0.2, 0.25) is 0 Å². The number of benzene rings is 3. The molecule has 3 N–H and O–H groups in total. The summed E-state index contributed by atoms with van der Waals surface area (Å²) < 4.78 is 12.7. The van der Waals surface area contributed by atoms with Gasteiger partial charge in [0.05, 0.1) is 31.8 Å². The van der Waals surface area contributed by atoms with Crippen molar-refractivity contribution in [3.63, 3.8) is 0 Å². The Bertz CT molecular complexity index is 1530. The highest BCUT2D eigenvalue weighted by atomic mass is 16.5. The van der Waals surface area contributed by atoms with Gasteiger partial charge in [-0.15, -0.1) is 0 Å². The van der Waals surface area contributed by atoms with Gasteiger partial charge in [-0.3, -0.25) is 4.79 Å². The number of hydrogen-bond acceptors (Lipinski definition) is 6. The number of carbonyl (C=O) groups is 1. The van der Waals surface area contributed by atoms with Crippen LogP contribution in [0.1, 0.15) is 21.5 Å². The van der Waals surface area contributed by atoms with E-state index in [4.69, 9.17) is 25.2 Å². The minimum Gasteiger partial charge on any atom is -0.493 e. The van der Waals surface area contributed by atoms with Crippen molar-refractivity contribution in [2.75, 3.05) is 20.0 Å². The van der Waals surface area contributed by atoms with Gasteiger partial charge in [0, 0.05) is 12.1 Å². The number of amides is 1. The number of nitrogens with two attached hydrogens (primary N) is 1. The molecule has 176 valence electrons. The number of fused-ring (bicyclic) bond motifs is 2. The lowest BCUT2D eigenvalue weighted by molar-refractivity contribution is 0.0953. The number of hydrogen-bond donors (Lipinski definition) is 2. The van der Waals surface area contributed by atoms with Gasteiger partial charge in [0.25, 0.3) is 5.91 Å². The maximum atomic E-state index is 13.5. The van der Waals surface area contributed by atoms with E-state index in [2.05, 4.69) is 5.32 Å². The molecule has 5 rings (SSSR count). The number of nitrogen functional groups attached to an aromatic ring is 1. The highest BCUT2D eigenvalue weighted by Crippen LogP contribution is 2.32. The van der Waals surface area contributed by atoms with Gasteiger partial charge >= 0.3 is 0 Å². The number of nitrogens with zero attached hydrogens (tertiary/aromatic N) is 3. The molecule has 0 aliphatic heterocycles. The first-order valence-electron chi connectivity index (χ1n) is 11.2. The minimum absolute atomic E-state index is 0.227. The zero-order valence-corrected chi connectivity index (χ0v) is 19.5. The SMILES string of the molecule is COc1cccc(CNC(=O)c2c(N)n(Cc3ccccc3)c3nc4ccccc4nc23)c1OC. The monoisotopic (exact) mass is 467 g/mol. The first kappa shape index (κ1) is 22.2. The average Bonchev–Trinajstić information content (AvgIpc) is 3.16. The van der Waals surface area contributed by atoms with E-state index in [-0.39, 0.29) is 12.5 Å². The second-order valence-corrected chi connectivity index (χ2v) is 8.05. The van der Waals surface area contributed by atoms with E-state index in [1.165, 1.54) is 0 Å². The highest BCUT2D eigenvalue weighted by molar-refractivity contribution is 6.10. The zero-order chi connectivity index (χ0) is 24.4. The summed E-state index contributed by atoms with van der Waals surface area (Å²) in [5, 5.41) is 2.96. The van der Waals surface area contributed by atoms with Crippen LogP contribution in [0.25, 0.3) is 22.2 Å². The van der Waals surface area contributed by atoms with Crippen LogP contribution in [0, 0.1) is 0 Å². The fraction of sp³-hybridized carbons (Fsp3) is 0.148. The number of anilines is 1. The van der Waals surface area contributed by atoms with Gasteiger partial charge in [-0.05, 0) is 23.8 Å². The Balaban J connectivity index is 1.57. The summed E-state index contributed by atoms with van der Waals surface area (Å²) in [5.74, 6) is 1.14. The minimum atomic E-state index is -0.339. The van der Waals surface area contributed by atoms with Gasteiger partial charge in [-0.1, -0.05) is 54.6 Å². The highest BCUT2D eigenvalue weighted by Gasteiger charge is 2.24. The number of methoxy groups -OCH3 is 2. The maximum Gasteiger partial charge on any atom is 0.257 e. The summed E-state index contributed by atoms with van der Waals surface area (Å²) in [6, 6.07) is 23.0. The Labute approximate surface area is 202 Å². The molecule has 0 aliphatic rings. The van der Waals surface area contributed by atoms with E-state index in [0.29, 0.717) is 46.1 Å². The number of para-hydroxylation sites is 3. The van der Waals surface area contributed by atoms with Crippen LogP contribution in [0.15, 0.2) is 72.8 Å². The molecule has 2 heterocycles. The first-order chi connectivity index (χ1) is 17.1. The molecule has 2 aromatic heterocycles. The van der Waals surface area contributed by atoms with Gasteiger partial charge in [-0.25, -0.2) is 9.97 Å². The van der Waals surface area contributed by atoms with E-state index >= 15 is 0 Å². The third-order valence-electron chi connectivity index (χ3n) is 5.93. The van der Waals surface area contributed by atoms with E-state index in [9.17, 15) is 4.79 Å². The van der Waals surface area contributed by atoms with Gasteiger partial charge in [0.1, 0.15) is 16.9 Å². The quantitative estimate of drug-likeness (QED) is 0.372. The third kappa shape index (κ3) is 4.10. The van der Waals surface area contributed by atoms with Crippen molar-refractivity contribution in [1.29, 1.82) is 0 Å². The summed E-state index contributed by atoms with van der Waals surface area (Å²) in [7, 11) is 3.14. The number of rotatable bonds is 7. The van der Waals surface area contributed by atoms with E-state index in [0.717, 1.165) is 16.6 Å². The Hall–Kier alpha value is -4.59. The Morgan fingerprint density at radius 3 is 2.34 bits per heavy atom. The summed E-state index contributed by atoms with van der Waals surface area (Å²) in [4.78, 5) is 23.0. The number of nitrogens with one attached hydrogen (secondary N) is 1. The number of aromatic nitrogens is 3. The Morgan fingerprint density at radius 2 is 1.63 bits per heavy atom. The lowest BCUT2D eigenvalue weighted by Crippen LogP contribution is -2.24. The molecule has 3 aromatic carbocycles. The summed E-state index contributed by atoms with van der Waals surface area (Å²) in [6.07, 6.45) is 0. The van der Waals surface area contributed by atoms with Crippen molar-refractivity contribution in [3.8, 4) is 11.5 Å². The molecular weight excluding hydrogens is 442 g/mol. The molecule has 8 nitrogen and oxygen atoms in total. The molecule has 0 radical (unpaired) electrons. The molecule has 5 aromatic rings. The summed E-state index contributed by atoms with van der Waals surface area (Å²) in [5.41, 5.74) is 11.2. The molecule has 0 bridgehead atoms. The lowest BCUT2D eigenvalue weighted by Gasteiger charge is -2.13. The fourth-order valence-corrected chi connectivity index (χ4v) is 4.22. The van der Waals surface area contributed by atoms with Crippen molar-refractivity contribution < 1.29 is 14.3 Å². The normalized spacial score (nSPS) is 11.0. The third-order valence-corrected chi connectivity index (χ3v) is 5.93. The van der Waals surface area contributed by atoms with Crippen LogP contribution in [-0.2, 0) is 13.1 Å². The molecule has 8 heteroatoms. The summed E-state index contributed by atoms with van der Waals surface area (Å²) >= 11 is 0. The van der Waals surface area contributed by atoms with Crippen LogP contribution in [-0.4, -0.2) is 34.7 Å². The second-order valence-electron chi connectivity index (χ2n) is 8.05. The van der Waals surface area contributed by atoms with E-state index in [1.807, 2.05) is 71.3 Å². The van der Waals surface area contributed by atoms with Crippen molar-refractivity contribution in [2.45, 2.75) is 13.1 Å². The molecule has 0 atom stereocenters. The van der Waals surface area contributed by atoms with Crippen molar-refractivity contribution in [1.82, 2.24) is 19.9 Å². The largest absolute Gasteiger partial charge is 0.493 e. The lowest BCUT2D eigenvalue weighted by atomic mass is 10.1. The smallest absolute Gasteiger partial charge is 0.257 e. The average molecular weight is 468 g/mol. The first-order valence-corrected chi connectivity index (χ1v) is 11.2. The maximum absolute atomic E-state index is 13.5. The zero-order valence-electron chi connectivity index (χ0n) is 19.5. The van der Waals surface area contributed by atoms with Crippen LogP contribution in [0.2, 0.25) is 0 Å². The van der Waals surface area contributed by atoms with Crippen molar-refractivity contribution >= 4 is 33.9 Å². The molecular formula is C27H25N5O3. The molecule has 0 saturated carbocycles. The summed E-state index contributed by atoms with van der Waals surface area (Å²) in [6.45, 7) is 0.693. The molecule has 0 unspecified atom stereocenters. The van der Waals surface area contributed by atoms with Crippen molar-refractivity contribution in [2.24, 2.45) is 0 Å². The van der Waals surface area contributed by atoms with Crippen LogP contribution in [0.4, 0.5) is 5.82 Å².